The average molecular weight is 469 g/mol. The maximum Gasteiger partial charge on any atom is 0.416 e. The Balaban J connectivity index is 1.44. The van der Waals surface area contributed by atoms with Crippen LogP contribution in [-0.4, -0.2) is 51.9 Å². The summed E-state index contributed by atoms with van der Waals surface area (Å²) in [6.07, 6.45) is -3.22. The van der Waals surface area contributed by atoms with E-state index in [0.717, 1.165) is 17.9 Å². The molecule has 1 spiro atoms. The van der Waals surface area contributed by atoms with Gasteiger partial charge >= 0.3 is 6.18 Å². The second kappa shape index (κ2) is 8.39. The van der Waals surface area contributed by atoms with E-state index in [1.54, 1.807) is 40.9 Å². The molecule has 0 aliphatic carbocycles. The van der Waals surface area contributed by atoms with Crippen molar-refractivity contribution in [3.8, 4) is 0 Å². The molecule has 2 aliphatic rings. The molecule has 9 heteroatoms. The van der Waals surface area contributed by atoms with Crippen LogP contribution in [0.25, 0.3) is 0 Å². The van der Waals surface area contributed by atoms with Crippen molar-refractivity contribution >= 4 is 35.2 Å². The van der Waals surface area contributed by atoms with Gasteiger partial charge in [-0.2, -0.15) is 13.2 Å². The first-order chi connectivity index (χ1) is 14.7. The number of carbonyl (C=O) groups is 2. The monoisotopic (exact) mass is 468 g/mol. The molecule has 4 rings (SSSR count). The molecule has 2 aromatic carbocycles. The Bertz CT molecular complexity index is 989. The average Bonchev–Trinajstić information content (AvgIpc) is 3.15. The molecule has 0 N–H and O–H groups in total. The highest BCUT2D eigenvalue weighted by Gasteiger charge is 2.47. The minimum atomic E-state index is -4.43. The van der Waals surface area contributed by atoms with Gasteiger partial charge in [0.1, 0.15) is 0 Å². The molecule has 164 valence electrons. The number of amides is 2. The Morgan fingerprint density at radius 1 is 0.935 bits per heavy atom. The van der Waals surface area contributed by atoms with Crippen molar-refractivity contribution in [2.24, 2.45) is 0 Å². The lowest BCUT2D eigenvalue weighted by Gasteiger charge is -2.44. The van der Waals surface area contributed by atoms with Crippen molar-refractivity contribution in [1.29, 1.82) is 0 Å². The van der Waals surface area contributed by atoms with Crippen LogP contribution < -0.4 is 0 Å². The Morgan fingerprint density at radius 3 is 2.23 bits per heavy atom. The molecular formula is C22H20ClF3N2O2S. The van der Waals surface area contributed by atoms with Gasteiger partial charge in [0.2, 0.25) is 0 Å². The van der Waals surface area contributed by atoms with Crippen molar-refractivity contribution in [3.63, 3.8) is 0 Å². The van der Waals surface area contributed by atoms with E-state index < -0.39 is 11.7 Å². The zero-order valence-electron chi connectivity index (χ0n) is 16.5. The van der Waals surface area contributed by atoms with Gasteiger partial charge < -0.3 is 9.80 Å². The normalized spacial score (nSPS) is 18.5. The molecule has 0 unspecified atom stereocenters. The fraction of sp³-hybridized carbons (Fsp3) is 0.364. The first-order valence-electron chi connectivity index (χ1n) is 9.88. The van der Waals surface area contributed by atoms with Crippen molar-refractivity contribution in [3.05, 3.63) is 70.2 Å². The third kappa shape index (κ3) is 4.41. The van der Waals surface area contributed by atoms with Gasteiger partial charge in [0.15, 0.2) is 0 Å². The summed E-state index contributed by atoms with van der Waals surface area (Å²) in [4.78, 5) is 29.0. The van der Waals surface area contributed by atoms with Crippen molar-refractivity contribution < 1.29 is 22.8 Å². The van der Waals surface area contributed by atoms with Gasteiger partial charge in [-0.3, -0.25) is 9.59 Å². The lowest BCUT2D eigenvalue weighted by molar-refractivity contribution is -0.137. The molecule has 2 saturated heterocycles. The molecular weight excluding hydrogens is 449 g/mol. The number of thioether (sulfide) groups is 1. The van der Waals surface area contributed by atoms with Crippen LogP contribution >= 0.6 is 23.4 Å². The third-order valence-electron chi connectivity index (χ3n) is 5.79. The predicted octanol–water partition coefficient (Wildman–Crippen LogP) is 5.18. The topological polar surface area (TPSA) is 40.6 Å². The summed E-state index contributed by atoms with van der Waals surface area (Å²) >= 11 is 7.76. The van der Waals surface area contributed by atoms with Gasteiger partial charge in [-0.05, 0) is 55.3 Å². The quantitative estimate of drug-likeness (QED) is 0.609. The van der Waals surface area contributed by atoms with Gasteiger partial charge in [0.05, 0.1) is 10.4 Å². The number of hydrogen-bond donors (Lipinski definition) is 0. The molecule has 0 saturated carbocycles. The highest BCUT2D eigenvalue weighted by molar-refractivity contribution is 8.00. The van der Waals surface area contributed by atoms with E-state index in [4.69, 9.17) is 11.6 Å². The summed E-state index contributed by atoms with van der Waals surface area (Å²) in [5.41, 5.74) is -0.00769. The summed E-state index contributed by atoms with van der Waals surface area (Å²) < 4.78 is 38.3. The minimum absolute atomic E-state index is 0.0741. The van der Waals surface area contributed by atoms with Crippen LogP contribution in [0.1, 0.15) is 39.1 Å². The molecule has 31 heavy (non-hydrogen) atoms. The Kier molecular flexibility index (Phi) is 5.96. The SMILES string of the molecule is O=C(c1ccc(C(F)(F)F)cc1)N1CCC2(CC1)SCCN2C(=O)c1cccc(Cl)c1. The molecule has 2 aromatic rings. The van der Waals surface area contributed by atoms with Gasteiger partial charge in [-0.25, -0.2) is 0 Å². The first kappa shape index (κ1) is 22.0. The zero-order chi connectivity index (χ0) is 22.2. The summed E-state index contributed by atoms with van der Waals surface area (Å²) in [5.74, 6) is 0.452. The smallest absolute Gasteiger partial charge is 0.338 e. The van der Waals surface area contributed by atoms with Crippen LogP contribution in [0.15, 0.2) is 48.5 Å². The van der Waals surface area contributed by atoms with E-state index in [9.17, 15) is 22.8 Å². The molecule has 2 amide bonds. The van der Waals surface area contributed by atoms with Crippen LogP contribution in [0.3, 0.4) is 0 Å². The number of alkyl halides is 3. The van der Waals surface area contributed by atoms with Crippen LogP contribution in [0.5, 0.6) is 0 Å². The van der Waals surface area contributed by atoms with E-state index in [1.165, 1.54) is 12.1 Å². The van der Waals surface area contributed by atoms with Crippen LogP contribution in [0.2, 0.25) is 5.02 Å². The summed E-state index contributed by atoms with van der Waals surface area (Å²) in [6, 6.07) is 11.2. The molecule has 4 nitrogen and oxygen atoms in total. The molecule has 2 aliphatic heterocycles. The van der Waals surface area contributed by atoms with Crippen LogP contribution in [0, 0.1) is 0 Å². The second-order valence-corrected chi connectivity index (χ2v) is 9.52. The van der Waals surface area contributed by atoms with E-state index >= 15 is 0 Å². The standard InChI is InChI=1S/C22H20ClF3N2O2S/c23-18-3-1-2-16(14-18)20(30)28-12-13-31-21(28)8-10-27(11-9-21)19(29)15-4-6-17(7-5-15)22(24,25)26/h1-7,14H,8-13H2. The molecule has 0 radical (unpaired) electrons. The molecule has 0 aromatic heterocycles. The van der Waals surface area contributed by atoms with E-state index in [1.807, 2.05) is 4.90 Å². The fourth-order valence-corrected chi connectivity index (χ4v) is 5.78. The number of hydrogen-bond acceptors (Lipinski definition) is 3. The van der Waals surface area contributed by atoms with Crippen molar-refractivity contribution in [1.82, 2.24) is 9.80 Å². The van der Waals surface area contributed by atoms with E-state index in [0.29, 0.717) is 43.1 Å². The van der Waals surface area contributed by atoms with E-state index in [-0.39, 0.29) is 22.2 Å². The Hall–Kier alpha value is -2.19. The number of rotatable bonds is 2. The Labute approximate surface area is 187 Å². The number of benzene rings is 2. The van der Waals surface area contributed by atoms with Crippen molar-refractivity contribution in [2.75, 3.05) is 25.4 Å². The number of piperidine rings is 1. The summed E-state index contributed by atoms with van der Waals surface area (Å²) in [6.45, 7) is 1.50. The molecule has 0 atom stereocenters. The molecule has 0 bridgehead atoms. The van der Waals surface area contributed by atoms with Gasteiger partial charge in [-0.15, -0.1) is 11.8 Å². The molecule has 2 fully saturated rings. The minimum Gasteiger partial charge on any atom is -0.338 e. The highest BCUT2D eigenvalue weighted by Crippen LogP contribution is 2.44. The Morgan fingerprint density at radius 2 is 1.61 bits per heavy atom. The number of carbonyl (C=O) groups excluding carboxylic acids is 2. The van der Waals surface area contributed by atoms with Crippen LogP contribution in [-0.2, 0) is 6.18 Å². The van der Waals surface area contributed by atoms with Crippen LogP contribution in [0.4, 0.5) is 13.2 Å². The summed E-state index contributed by atoms with van der Waals surface area (Å²) in [5, 5.41) is 0.503. The number of likely N-dealkylation sites (tertiary alicyclic amines) is 1. The van der Waals surface area contributed by atoms with Gasteiger partial charge in [0, 0.05) is 41.5 Å². The maximum atomic E-state index is 13.1. The number of halogens is 4. The van der Waals surface area contributed by atoms with Gasteiger partial charge in [0.25, 0.3) is 11.8 Å². The van der Waals surface area contributed by atoms with E-state index in [2.05, 4.69) is 0 Å². The second-order valence-electron chi connectivity index (χ2n) is 7.63. The van der Waals surface area contributed by atoms with Gasteiger partial charge in [-0.1, -0.05) is 17.7 Å². The lowest BCUT2D eigenvalue weighted by Crippen LogP contribution is -2.53. The fourth-order valence-electron chi connectivity index (χ4n) is 4.13. The number of nitrogens with zero attached hydrogens (tertiary/aromatic N) is 2. The zero-order valence-corrected chi connectivity index (χ0v) is 18.1. The third-order valence-corrected chi connectivity index (χ3v) is 7.57. The lowest BCUT2D eigenvalue weighted by atomic mass is 10.00. The summed E-state index contributed by atoms with van der Waals surface area (Å²) in [7, 11) is 0. The van der Waals surface area contributed by atoms with Crippen molar-refractivity contribution in [2.45, 2.75) is 23.9 Å². The maximum absolute atomic E-state index is 13.1. The first-order valence-corrected chi connectivity index (χ1v) is 11.2. The molecule has 2 heterocycles. The predicted molar refractivity (Wildman–Crippen MR) is 114 cm³/mol. The highest BCUT2D eigenvalue weighted by atomic mass is 35.5. The largest absolute Gasteiger partial charge is 0.416 e.